The predicted octanol–water partition coefficient (Wildman–Crippen LogP) is 0.181. The van der Waals surface area contributed by atoms with Crippen molar-refractivity contribution in [2.24, 2.45) is 0 Å². The maximum absolute atomic E-state index is 12.9. The van der Waals surface area contributed by atoms with Crippen LogP contribution < -0.4 is 5.46 Å². The Hall–Kier alpha value is -0.965. The molecule has 1 aliphatic heterocycles. The van der Waals surface area contributed by atoms with Crippen LogP contribution in [0.3, 0.4) is 0 Å². The lowest BCUT2D eigenvalue weighted by molar-refractivity contribution is 0.0115. The number of hydrogen-bond donors (Lipinski definition) is 0. The largest absolute Gasteiger partial charge is 0.293 e. The zero-order valence-electron chi connectivity index (χ0n) is 8.71. The summed E-state index contributed by atoms with van der Waals surface area (Å²) >= 11 is 0. The molecule has 0 saturated carbocycles. The van der Waals surface area contributed by atoms with Crippen molar-refractivity contribution in [2.45, 2.75) is 18.9 Å². The fourth-order valence-electron chi connectivity index (χ4n) is 1.90. The van der Waals surface area contributed by atoms with Gasteiger partial charge in [0.05, 0.1) is 6.54 Å². The topological polar surface area (TPSA) is 16.1 Å². The second-order valence-electron chi connectivity index (χ2n) is 4.19. The summed E-state index contributed by atoms with van der Waals surface area (Å²) in [6.07, 6.45) is 3.48. The predicted molar refractivity (Wildman–Crippen MR) is 57.3 cm³/mol. The molecule has 0 aliphatic carbocycles. The summed E-state index contributed by atoms with van der Waals surface area (Å²) in [4.78, 5) is 5.82. The Balaban J connectivity index is 1.99. The van der Waals surface area contributed by atoms with Gasteiger partial charge in [0.2, 0.25) is 0 Å². The molecule has 0 amide bonds. The Kier molecular flexibility index (Phi) is 2.73. The van der Waals surface area contributed by atoms with Crippen molar-refractivity contribution in [1.82, 2.24) is 9.88 Å². The van der Waals surface area contributed by atoms with Gasteiger partial charge in [0, 0.05) is 31.9 Å². The first kappa shape index (κ1) is 10.5. The van der Waals surface area contributed by atoms with E-state index >= 15 is 0 Å². The summed E-state index contributed by atoms with van der Waals surface area (Å²) in [6.45, 7) is 0.923. The van der Waals surface area contributed by atoms with Crippen LogP contribution in [0.2, 0.25) is 0 Å². The average molecular weight is 210 g/mol. The molecule has 0 radical (unpaired) electrons. The van der Waals surface area contributed by atoms with Gasteiger partial charge in [0.1, 0.15) is 7.85 Å². The summed E-state index contributed by atoms with van der Waals surface area (Å²) < 4.78 is 25.8. The standard InChI is InChI=1S/C10H13BF2N2/c11-9-3-8(4-14-5-9)6-15-2-1-10(12,13)7-15/h3-5H,1-2,6-7,11H2. The van der Waals surface area contributed by atoms with Crippen LogP contribution in [-0.2, 0) is 6.54 Å². The molecule has 2 heterocycles. The SMILES string of the molecule is Bc1cncc(CN2CCC(F)(F)C2)c1. The first-order valence-electron chi connectivity index (χ1n) is 5.06. The molecule has 1 aliphatic rings. The molecule has 1 aromatic heterocycles. The van der Waals surface area contributed by atoms with Crippen molar-refractivity contribution in [2.75, 3.05) is 13.1 Å². The lowest BCUT2D eigenvalue weighted by Crippen LogP contribution is -2.25. The van der Waals surface area contributed by atoms with Crippen LogP contribution in [0.25, 0.3) is 0 Å². The summed E-state index contributed by atoms with van der Waals surface area (Å²) in [5, 5.41) is 0. The number of pyridine rings is 1. The van der Waals surface area contributed by atoms with E-state index in [2.05, 4.69) is 4.98 Å². The molecule has 1 saturated heterocycles. The highest BCUT2D eigenvalue weighted by Gasteiger charge is 2.37. The van der Waals surface area contributed by atoms with Gasteiger partial charge < -0.3 is 0 Å². The fraction of sp³-hybridized carbons (Fsp3) is 0.500. The maximum Gasteiger partial charge on any atom is 0.261 e. The monoisotopic (exact) mass is 210 g/mol. The molecule has 2 rings (SSSR count). The number of likely N-dealkylation sites (tertiary alicyclic amines) is 1. The number of alkyl halides is 2. The van der Waals surface area contributed by atoms with Gasteiger partial charge in [-0.25, -0.2) is 8.78 Å². The van der Waals surface area contributed by atoms with E-state index in [1.165, 1.54) is 0 Å². The highest BCUT2D eigenvalue weighted by Crippen LogP contribution is 2.27. The lowest BCUT2D eigenvalue weighted by atomic mass is 9.97. The zero-order chi connectivity index (χ0) is 10.9. The van der Waals surface area contributed by atoms with Gasteiger partial charge in [-0.1, -0.05) is 11.5 Å². The van der Waals surface area contributed by atoms with Crippen LogP contribution in [-0.4, -0.2) is 36.7 Å². The molecule has 0 aromatic carbocycles. The van der Waals surface area contributed by atoms with Crippen molar-refractivity contribution in [3.8, 4) is 0 Å². The second-order valence-corrected chi connectivity index (χ2v) is 4.19. The zero-order valence-corrected chi connectivity index (χ0v) is 8.71. The van der Waals surface area contributed by atoms with Crippen LogP contribution in [0, 0.1) is 0 Å². The first-order valence-corrected chi connectivity index (χ1v) is 5.06. The molecule has 80 valence electrons. The molecule has 0 N–H and O–H groups in total. The Labute approximate surface area is 88.7 Å². The molecule has 0 spiro atoms. The number of aromatic nitrogens is 1. The maximum atomic E-state index is 12.9. The minimum Gasteiger partial charge on any atom is -0.293 e. The van der Waals surface area contributed by atoms with Gasteiger partial charge in [-0.2, -0.15) is 0 Å². The molecule has 1 aromatic rings. The summed E-state index contributed by atoms with van der Waals surface area (Å²) in [5.41, 5.74) is 2.08. The molecule has 0 bridgehead atoms. The molecule has 1 fully saturated rings. The number of rotatable bonds is 2. The van der Waals surface area contributed by atoms with Crippen LogP contribution in [0.15, 0.2) is 18.5 Å². The van der Waals surface area contributed by atoms with Gasteiger partial charge in [-0.05, 0) is 5.56 Å². The molecule has 2 nitrogen and oxygen atoms in total. The van der Waals surface area contributed by atoms with Crippen LogP contribution in [0.4, 0.5) is 8.78 Å². The normalized spacial score (nSPS) is 20.7. The Morgan fingerprint density at radius 2 is 2.27 bits per heavy atom. The van der Waals surface area contributed by atoms with Gasteiger partial charge in [-0.3, -0.25) is 9.88 Å². The van der Waals surface area contributed by atoms with Crippen LogP contribution in [0.5, 0.6) is 0 Å². The van der Waals surface area contributed by atoms with Crippen molar-refractivity contribution in [3.05, 3.63) is 24.0 Å². The van der Waals surface area contributed by atoms with Crippen LogP contribution >= 0.6 is 0 Å². The average Bonchev–Trinajstić information content (AvgIpc) is 2.45. The van der Waals surface area contributed by atoms with Gasteiger partial charge in [-0.15, -0.1) is 0 Å². The molecule has 0 atom stereocenters. The van der Waals surface area contributed by atoms with E-state index < -0.39 is 5.92 Å². The number of halogens is 2. The van der Waals surface area contributed by atoms with E-state index in [4.69, 9.17) is 0 Å². The van der Waals surface area contributed by atoms with Gasteiger partial charge in [0.15, 0.2) is 0 Å². The Morgan fingerprint density at radius 1 is 1.47 bits per heavy atom. The third-order valence-corrected chi connectivity index (χ3v) is 2.59. The minimum absolute atomic E-state index is 0.0216. The van der Waals surface area contributed by atoms with E-state index in [9.17, 15) is 8.78 Å². The Morgan fingerprint density at radius 3 is 2.87 bits per heavy atom. The molecular formula is C10H13BF2N2. The summed E-state index contributed by atoms with van der Waals surface area (Å²) in [7, 11) is 1.95. The van der Waals surface area contributed by atoms with Gasteiger partial charge >= 0.3 is 0 Å². The molecule has 5 heteroatoms. The highest BCUT2D eigenvalue weighted by atomic mass is 19.3. The van der Waals surface area contributed by atoms with E-state index in [1.807, 2.05) is 13.9 Å². The minimum atomic E-state index is -2.50. The smallest absolute Gasteiger partial charge is 0.261 e. The summed E-state index contributed by atoms with van der Waals surface area (Å²) in [6, 6.07) is 1.99. The number of hydrogen-bond acceptors (Lipinski definition) is 2. The van der Waals surface area contributed by atoms with Crippen molar-refractivity contribution in [3.63, 3.8) is 0 Å². The molecule has 0 unspecified atom stereocenters. The number of nitrogens with zero attached hydrogens (tertiary/aromatic N) is 2. The second kappa shape index (κ2) is 3.89. The van der Waals surface area contributed by atoms with E-state index in [1.54, 1.807) is 17.3 Å². The third-order valence-electron chi connectivity index (χ3n) is 2.59. The van der Waals surface area contributed by atoms with E-state index in [-0.39, 0.29) is 13.0 Å². The molecule has 15 heavy (non-hydrogen) atoms. The van der Waals surface area contributed by atoms with Crippen molar-refractivity contribution < 1.29 is 8.78 Å². The lowest BCUT2D eigenvalue weighted by Gasteiger charge is -2.15. The fourth-order valence-corrected chi connectivity index (χ4v) is 1.90. The van der Waals surface area contributed by atoms with Gasteiger partial charge in [0.25, 0.3) is 5.92 Å². The third kappa shape index (κ3) is 2.75. The molecular weight excluding hydrogens is 197 g/mol. The van der Waals surface area contributed by atoms with E-state index in [0.717, 1.165) is 11.0 Å². The van der Waals surface area contributed by atoms with Crippen molar-refractivity contribution in [1.29, 1.82) is 0 Å². The summed E-state index contributed by atoms with van der Waals surface area (Å²) in [5.74, 6) is -2.50. The van der Waals surface area contributed by atoms with Crippen molar-refractivity contribution >= 4 is 13.3 Å². The first-order chi connectivity index (χ1) is 7.05. The highest BCUT2D eigenvalue weighted by molar-refractivity contribution is 6.32. The Bertz CT molecular complexity index is 357. The van der Waals surface area contributed by atoms with E-state index in [0.29, 0.717) is 13.1 Å². The van der Waals surface area contributed by atoms with Crippen LogP contribution in [0.1, 0.15) is 12.0 Å². The quantitative estimate of drug-likeness (QED) is 0.647.